The van der Waals surface area contributed by atoms with E-state index in [9.17, 15) is 9.90 Å². The predicted octanol–water partition coefficient (Wildman–Crippen LogP) is 2.64. The molecule has 3 nitrogen and oxygen atoms in total. The van der Waals surface area contributed by atoms with Gasteiger partial charge in [0.05, 0.1) is 6.10 Å². The number of carbonyl (C=O) groups is 1. The normalized spacial score (nSPS) is 21.9. The van der Waals surface area contributed by atoms with Crippen molar-refractivity contribution in [2.24, 2.45) is 5.92 Å². The molecular weight excluding hydrogens is 274 g/mol. The van der Waals surface area contributed by atoms with E-state index in [0.717, 1.165) is 11.1 Å². The number of rotatable bonds is 4. The number of hydrogen-bond acceptors (Lipinski definition) is 2. The minimum absolute atomic E-state index is 0.130. The van der Waals surface area contributed by atoms with Crippen molar-refractivity contribution in [1.29, 1.82) is 0 Å². The summed E-state index contributed by atoms with van der Waals surface area (Å²) in [6.07, 6.45) is 0.816. The number of aliphatic hydroxyl groups is 1. The average molecular weight is 295 g/mol. The minimum atomic E-state index is -0.435. The Morgan fingerprint density at radius 1 is 0.955 bits per heavy atom. The number of likely N-dealkylation sites (tertiary alicyclic amines) is 1. The molecule has 3 heteroatoms. The van der Waals surface area contributed by atoms with E-state index in [-0.39, 0.29) is 11.8 Å². The minimum Gasteiger partial charge on any atom is -0.391 e. The first-order valence-corrected chi connectivity index (χ1v) is 7.77. The van der Waals surface area contributed by atoms with Gasteiger partial charge in [0.25, 0.3) is 0 Å². The van der Waals surface area contributed by atoms with Gasteiger partial charge in [0.1, 0.15) is 0 Å². The maximum absolute atomic E-state index is 12.7. The van der Waals surface area contributed by atoms with E-state index in [1.807, 2.05) is 60.7 Å². The quantitative estimate of drug-likeness (QED) is 0.942. The summed E-state index contributed by atoms with van der Waals surface area (Å²) in [6, 6.07) is 20.0. The Kier molecular flexibility index (Phi) is 4.54. The summed E-state index contributed by atoms with van der Waals surface area (Å²) in [4.78, 5) is 14.5. The molecule has 0 aromatic heterocycles. The van der Waals surface area contributed by atoms with Crippen LogP contribution >= 0.6 is 0 Å². The lowest BCUT2D eigenvalue weighted by Gasteiger charge is -2.35. The summed E-state index contributed by atoms with van der Waals surface area (Å²) in [5, 5.41) is 10.1. The fraction of sp³-hybridized carbons (Fsp3) is 0.316. The molecule has 1 heterocycles. The fourth-order valence-corrected chi connectivity index (χ4v) is 3.12. The Bertz CT molecular complexity index is 558. The van der Waals surface area contributed by atoms with Crippen molar-refractivity contribution in [2.45, 2.75) is 25.5 Å². The van der Waals surface area contributed by atoms with Crippen molar-refractivity contribution in [3.05, 3.63) is 71.8 Å². The van der Waals surface area contributed by atoms with Crippen LogP contribution in [0.15, 0.2) is 60.7 Å². The molecule has 0 spiro atoms. The molecule has 3 rings (SSSR count). The van der Waals surface area contributed by atoms with Gasteiger partial charge in [-0.3, -0.25) is 4.79 Å². The highest BCUT2D eigenvalue weighted by Gasteiger charge is 2.33. The lowest BCUT2D eigenvalue weighted by atomic mass is 9.89. The van der Waals surface area contributed by atoms with Crippen LogP contribution < -0.4 is 0 Å². The van der Waals surface area contributed by atoms with Crippen molar-refractivity contribution in [2.75, 3.05) is 6.54 Å². The first-order chi connectivity index (χ1) is 10.7. The zero-order chi connectivity index (χ0) is 15.4. The van der Waals surface area contributed by atoms with E-state index >= 15 is 0 Å². The largest absolute Gasteiger partial charge is 0.391 e. The van der Waals surface area contributed by atoms with Gasteiger partial charge in [0, 0.05) is 19.0 Å². The summed E-state index contributed by atoms with van der Waals surface area (Å²) in [5.41, 5.74) is 2.25. The van der Waals surface area contributed by atoms with Gasteiger partial charge < -0.3 is 10.0 Å². The number of aliphatic hydroxyl groups excluding tert-OH is 1. The SMILES string of the molecule is O=C1[C@@H](Cc2ccccc2)C[C@@H](O)CN1Cc1ccccc1. The predicted molar refractivity (Wildman–Crippen MR) is 86.1 cm³/mol. The molecular formula is C19H21NO2. The summed E-state index contributed by atoms with van der Waals surface area (Å²) >= 11 is 0. The van der Waals surface area contributed by atoms with Gasteiger partial charge in [-0.05, 0) is 24.0 Å². The first-order valence-electron chi connectivity index (χ1n) is 7.77. The Hall–Kier alpha value is -2.13. The molecule has 0 saturated carbocycles. The molecule has 1 fully saturated rings. The second-order valence-electron chi connectivity index (χ2n) is 5.98. The van der Waals surface area contributed by atoms with Crippen LogP contribution in [0.5, 0.6) is 0 Å². The highest BCUT2D eigenvalue weighted by Crippen LogP contribution is 2.24. The summed E-state index contributed by atoms with van der Waals surface area (Å²) < 4.78 is 0. The van der Waals surface area contributed by atoms with Gasteiger partial charge in [0.15, 0.2) is 0 Å². The number of amides is 1. The number of carbonyl (C=O) groups excluding carboxylic acids is 1. The van der Waals surface area contributed by atoms with Crippen molar-refractivity contribution in [3.8, 4) is 0 Å². The second kappa shape index (κ2) is 6.75. The van der Waals surface area contributed by atoms with E-state index in [0.29, 0.717) is 25.9 Å². The molecule has 0 aliphatic carbocycles. The highest BCUT2D eigenvalue weighted by atomic mass is 16.3. The number of hydrogen-bond donors (Lipinski definition) is 1. The van der Waals surface area contributed by atoms with E-state index in [1.54, 1.807) is 4.90 Å². The maximum atomic E-state index is 12.7. The molecule has 2 atom stereocenters. The van der Waals surface area contributed by atoms with E-state index in [2.05, 4.69) is 0 Å². The zero-order valence-electron chi connectivity index (χ0n) is 12.6. The Labute approximate surface area is 131 Å². The number of β-amino-alcohol motifs (C(OH)–C–C–N with tert-alkyl or cyclic N) is 1. The molecule has 22 heavy (non-hydrogen) atoms. The van der Waals surface area contributed by atoms with Crippen LogP contribution in [0.1, 0.15) is 17.5 Å². The second-order valence-corrected chi connectivity index (χ2v) is 5.98. The molecule has 1 aliphatic rings. The van der Waals surface area contributed by atoms with E-state index in [4.69, 9.17) is 0 Å². The standard InChI is InChI=1S/C19H21NO2/c21-18-12-17(11-15-7-3-1-4-8-15)19(22)20(14-18)13-16-9-5-2-6-10-16/h1-10,17-18,21H,11-14H2/t17-,18+/m0/s1. The number of nitrogens with zero attached hydrogens (tertiary/aromatic N) is 1. The van der Waals surface area contributed by atoms with Crippen LogP contribution in [-0.2, 0) is 17.8 Å². The third kappa shape index (κ3) is 3.55. The molecule has 1 aliphatic heterocycles. The number of piperidine rings is 1. The van der Waals surface area contributed by atoms with E-state index < -0.39 is 6.10 Å². The topological polar surface area (TPSA) is 40.5 Å². The smallest absolute Gasteiger partial charge is 0.226 e. The number of benzene rings is 2. The molecule has 1 N–H and O–H groups in total. The highest BCUT2D eigenvalue weighted by molar-refractivity contribution is 5.80. The summed E-state index contributed by atoms with van der Waals surface area (Å²) in [7, 11) is 0. The van der Waals surface area contributed by atoms with Crippen molar-refractivity contribution < 1.29 is 9.90 Å². The maximum Gasteiger partial charge on any atom is 0.226 e. The van der Waals surface area contributed by atoms with Crippen LogP contribution in [0.2, 0.25) is 0 Å². The molecule has 1 amide bonds. The molecule has 2 aromatic carbocycles. The zero-order valence-corrected chi connectivity index (χ0v) is 12.6. The van der Waals surface area contributed by atoms with Crippen LogP contribution in [-0.4, -0.2) is 28.6 Å². The van der Waals surface area contributed by atoms with Gasteiger partial charge in [-0.1, -0.05) is 60.7 Å². The van der Waals surface area contributed by atoms with Crippen LogP contribution in [0.4, 0.5) is 0 Å². The molecule has 0 bridgehead atoms. The Balaban J connectivity index is 1.71. The molecule has 1 saturated heterocycles. The van der Waals surface area contributed by atoms with Crippen LogP contribution in [0, 0.1) is 5.92 Å². The average Bonchev–Trinajstić information content (AvgIpc) is 2.54. The van der Waals surface area contributed by atoms with Gasteiger partial charge in [-0.25, -0.2) is 0 Å². The van der Waals surface area contributed by atoms with Gasteiger partial charge in [-0.2, -0.15) is 0 Å². The van der Waals surface area contributed by atoms with Gasteiger partial charge in [0.2, 0.25) is 5.91 Å². The fourth-order valence-electron chi connectivity index (χ4n) is 3.12. The van der Waals surface area contributed by atoms with Crippen LogP contribution in [0.25, 0.3) is 0 Å². The Morgan fingerprint density at radius 3 is 2.18 bits per heavy atom. The lowest BCUT2D eigenvalue weighted by molar-refractivity contribution is -0.143. The van der Waals surface area contributed by atoms with Gasteiger partial charge in [-0.15, -0.1) is 0 Å². The van der Waals surface area contributed by atoms with Crippen LogP contribution in [0.3, 0.4) is 0 Å². The monoisotopic (exact) mass is 295 g/mol. The first kappa shape index (κ1) is 14.8. The van der Waals surface area contributed by atoms with E-state index in [1.165, 1.54) is 0 Å². The molecule has 114 valence electrons. The molecule has 0 radical (unpaired) electrons. The molecule has 0 unspecified atom stereocenters. The third-order valence-electron chi connectivity index (χ3n) is 4.19. The van der Waals surface area contributed by atoms with Crippen molar-refractivity contribution in [3.63, 3.8) is 0 Å². The summed E-state index contributed by atoms with van der Waals surface area (Å²) in [6.45, 7) is 1.00. The van der Waals surface area contributed by atoms with Gasteiger partial charge >= 0.3 is 0 Å². The Morgan fingerprint density at radius 2 is 1.55 bits per heavy atom. The van der Waals surface area contributed by atoms with Crippen molar-refractivity contribution >= 4 is 5.91 Å². The lowest BCUT2D eigenvalue weighted by Crippen LogP contribution is -2.47. The summed E-state index contributed by atoms with van der Waals surface area (Å²) in [5.74, 6) is 0.0212. The third-order valence-corrected chi connectivity index (χ3v) is 4.19. The van der Waals surface area contributed by atoms with Crippen molar-refractivity contribution in [1.82, 2.24) is 4.90 Å². The molecule has 2 aromatic rings.